The lowest BCUT2D eigenvalue weighted by Crippen LogP contribution is -2.45. The quantitative estimate of drug-likeness (QED) is 0.691. The summed E-state index contributed by atoms with van der Waals surface area (Å²) in [5, 5.41) is 0. The maximum atomic E-state index is 12.5. The van der Waals surface area contributed by atoms with Crippen LogP contribution in [-0.2, 0) is 4.79 Å². The van der Waals surface area contributed by atoms with Gasteiger partial charge < -0.3 is 4.90 Å². The molecular weight excluding hydrogens is 234 g/mol. The van der Waals surface area contributed by atoms with E-state index < -0.39 is 0 Å². The third kappa shape index (κ3) is 3.37. The molecule has 98 valence electrons. The summed E-state index contributed by atoms with van der Waals surface area (Å²) in [4.78, 5) is 14.6. The third-order valence-electron chi connectivity index (χ3n) is 4.34. The van der Waals surface area contributed by atoms with E-state index in [1.165, 1.54) is 44.9 Å². The molecule has 0 saturated heterocycles. The summed E-state index contributed by atoms with van der Waals surface area (Å²) in [6.45, 7) is 2.84. The molecule has 0 aromatic rings. The van der Waals surface area contributed by atoms with E-state index in [1.807, 2.05) is 0 Å². The van der Waals surface area contributed by atoms with Crippen LogP contribution >= 0.6 is 11.6 Å². The molecule has 1 atom stereocenters. The highest BCUT2D eigenvalue weighted by atomic mass is 35.5. The van der Waals surface area contributed by atoms with E-state index in [0.717, 1.165) is 6.54 Å². The maximum absolute atomic E-state index is 12.5. The molecule has 1 unspecified atom stereocenters. The van der Waals surface area contributed by atoms with Crippen LogP contribution in [0, 0.1) is 11.8 Å². The Kier molecular flexibility index (Phi) is 4.72. The van der Waals surface area contributed by atoms with Gasteiger partial charge >= 0.3 is 0 Å². The molecular formula is C14H24ClNO. The molecule has 2 nitrogen and oxygen atoms in total. The van der Waals surface area contributed by atoms with Crippen molar-refractivity contribution in [1.29, 1.82) is 0 Å². The number of carbonyl (C=O) groups is 1. The van der Waals surface area contributed by atoms with Crippen LogP contribution in [0.15, 0.2) is 0 Å². The topological polar surface area (TPSA) is 20.3 Å². The molecule has 2 saturated carbocycles. The summed E-state index contributed by atoms with van der Waals surface area (Å²) >= 11 is 5.87. The van der Waals surface area contributed by atoms with Gasteiger partial charge in [0.15, 0.2) is 0 Å². The van der Waals surface area contributed by atoms with Gasteiger partial charge in [0.25, 0.3) is 0 Å². The number of rotatable bonds is 5. The van der Waals surface area contributed by atoms with Crippen LogP contribution in [-0.4, -0.2) is 29.3 Å². The van der Waals surface area contributed by atoms with Crippen LogP contribution in [0.25, 0.3) is 0 Å². The van der Waals surface area contributed by atoms with E-state index in [-0.39, 0.29) is 5.92 Å². The van der Waals surface area contributed by atoms with E-state index in [9.17, 15) is 4.79 Å². The number of carbonyl (C=O) groups excluding carboxylic acids is 1. The second-order valence-electron chi connectivity index (χ2n) is 5.64. The number of hydrogen-bond acceptors (Lipinski definition) is 1. The van der Waals surface area contributed by atoms with E-state index >= 15 is 0 Å². The van der Waals surface area contributed by atoms with Gasteiger partial charge in [-0.25, -0.2) is 0 Å². The molecule has 0 spiro atoms. The van der Waals surface area contributed by atoms with Gasteiger partial charge in [-0.15, -0.1) is 11.6 Å². The molecule has 0 aliphatic heterocycles. The van der Waals surface area contributed by atoms with Gasteiger partial charge in [0, 0.05) is 24.4 Å². The van der Waals surface area contributed by atoms with Crippen molar-refractivity contribution in [1.82, 2.24) is 4.90 Å². The van der Waals surface area contributed by atoms with E-state index in [2.05, 4.69) is 11.8 Å². The summed E-state index contributed by atoms with van der Waals surface area (Å²) in [5.41, 5.74) is 0. The van der Waals surface area contributed by atoms with Crippen LogP contribution in [0.3, 0.4) is 0 Å². The molecule has 0 radical (unpaired) electrons. The molecule has 0 N–H and O–H groups in total. The van der Waals surface area contributed by atoms with Crippen molar-refractivity contribution < 1.29 is 4.79 Å². The summed E-state index contributed by atoms with van der Waals surface area (Å²) in [7, 11) is 0. The SMILES string of the molecule is CC(C(=O)N(CCCl)C1CCCCC1)C1CC1. The molecule has 2 rings (SSSR count). The van der Waals surface area contributed by atoms with Crippen molar-refractivity contribution in [3.8, 4) is 0 Å². The minimum atomic E-state index is 0.222. The van der Waals surface area contributed by atoms with Crippen LogP contribution in [0.4, 0.5) is 0 Å². The van der Waals surface area contributed by atoms with Gasteiger partial charge in [-0.3, -0.25) is 4.79 Å². The Morgan fingerprint density at radius 3 is 2.41 bits per heavy atom. The predicted molar refractivity (Wildman–Crippen MR) is 71.2 cm³/mol. The number of amides is 1. The molecule has 1 amide bonds. The highest BCUT2D eigenvalue weighted by Crippen LogP contribution is 2.38. The van der Waals surface area contributed by atoms with E-state index in [1.54, 1.807) is 0 Å². The zero-order valence-corrected chi connectivity index (χ0v) is 11.6. The van der Waals surface area contributed by atoms with Crippen molar-refractivity contribution in [3.63, 3.8) is 0 Å². The minimum absolute atomic E-state index is 0.222. The monoisotopic (exact) mass is 257 g/mol. The second kappa shape index (κ2) is 6.08. The Morgan fingerprint density at radius 2 is 1.88 bits per heavy atom. The summed E-state index contributed by atoms with van der Waals surface area (Å²) in [6.07, 6.45) is 8.72. The Labute approximate surface area is 110 Å². The Morgan fingerprint density at radius 1 is 1.24 bits per heavy atom. The fourth-order valence-corrected chi connectivity index (χ4v) is 3.20. The third-order valence-corrected chi connectivity index (χ3v) is 4.51. The molecule has 0 aromatic carbocycles. The lowest BCUT2D eigenvalue weighted by molar-refractivity contribution is -0.138. The van der Waals surface area contributed by atoms with Crippen molar-refractivity contribution >= 4 is 17.5 Å². The highest BCUT2D eigenvalue weighted by molar-refractivity contribution is 6.18. The van der Waals surface area contributed by atoms with Gasteiger partial charge in [-0.2, -0.15) is 0 Å². The lowest BCUT2D eigenvalue weighted by Gasteiger charge is -2.35. The molecule has 3 heteroatoms. The lowest BCUT2D eigenvalue weighted by atomic mass is 9.92. The largest absolute Gasteiger partial charge is 0.338 e. The van der Waals surface area contributed by atoms with Crippen molar-refractivity contribution in [2.24, 2.45) is 11.8 Å². The van der Waals surface area contributed by atoms with E-state index in [4.69, 9.17) is 11.6 Å². The smallest absolute Gasteiger partial charge is 0.225 e. The second-order valence-corrected chi connectivity index (χ2v) is 6.02. The Balaban J connectivity index is 1.96. The highest BCUT2D eigenvalue weighted by Gasteiger charge is 2.36. The molecule has 0 heterocycles. The van der Waals surface area contributed by atoms with Crippen LogP contribution < -0.4 is 0 Å². The molecule has 2 fully saturated rings. The zero-order valence-electron chi connectivity index (χ0n) is 10.8. The van der Waals surface area contributed by atoms with Crippen LogP contribution in [0.5, 0.6) is 0 Å². The summed E-state index contributed by atoms with van der Waals surface area (Å²) in [5.74, 6) is 1.81. The fraction of sp³-hybridized carbons (Fsp3) is 0.929. The first kappa shape index (κ1) is 13.2. The average Bonchev–Trinajstić information content (AvgIpc) is 3.19. The number of alkyl halides is 1. The van der Waals surface area contributed by atoms with Gasteiger partial charge in [0.05, 0.1) is 0 Å². The zero-order chi connectivity index (χ0) is 12.3. The van der Waals surface area contributed by atoms with Gasteiger partial charge in [-0.1, -0.05) is 26.2 Å². The number of nitrogens with zero attached hydrogens (tertiary/aromatic N) is 1. The van der Waals surface area contributed by atoms with Gasteiger partial charge in [0.1, 0.15) is 0 Å². The summed E-state index contributed by atoms with van der Waals surface area (Å²) in [6, 6.07) is 0.469. The minimum Gasteiger partial charge on any atom is -0.338 e. The van der Waals surface area contributed by atoms with E-state index in [0.29, 0.717) is 23.7 Å². The number of hydrogen-bond donors (Lipinski definition) is 0. The van der Waals surface area contributed by atoms with Crippen molar-refractivity contribution in [2.75, 3.05) is 12.4 Å². The van der Waals surface area contributed by atoms with Gasteiger partial charge in [-0.05, 0) is 31.6 Å². The normalized spacial score (nSPS) is 23.4. The molecule has 2 aliphatic rings. The standard InChI is InChI=1S/C14H24ClNO/c1-11(12-7-8-12)14(17)16(10-9-15)13-5-3-2-4-6-13/h11-13H,2-10H2,1H3. The molecule has 0 bridgehead atoms. The van der Waals surface area contributed by atoms with Crippen molar-refractivity contribution in [3.05, 3.63) is 0 Å². The first-order valence-electron chi connectivity index (χ1n) is 7.10. The molecule has 0 aromatic heterocycles. The predicted octanol–water partition coefficient (Wildman–Crippen LogP) is 3.43. The Bertz CT molecular complexity index is 259. The number of halogens is 1. The van der Waals surface area contributed by atoms with Crippen molar-refractivity contribution in [2.45, 2.75) is 57.9 Å². The summed E-state index contributed by atoms with van der Waals surface area (Å²) < 4.78 is 0. The van der Waals surface area contributed by atoms with Gasteiger partial charge in [0.2, 0.25) is 5.91 Å². The Hall–Kier alpha value is -0.240. The van der Waals surface area contributed by atoms with Crippen LogP contribution in [0.1, 0.15) is 51.9 Å². The first-order valence-corrected chi connectivity index (χ1v) is 7.64. The fourth-order valence-electron chi connectivity index (χ4n) is 3.02. The maximum Gasteiger partial charge on any atom is 0.225 e. The molecule has 17 heavy (non-hydrogen) atoms. The molecule has 2 aliphatic carbocycles. The van der Waals surface area contributed by atoms with Crippen LogP contribution in [0.2, 0.25) is 0 Å². The first-order chi connectivity index (χ1) is 8.24. The average molecular weight is 258 g/mol.